The number of rotatable bonds is 5. The molecule has 2 N–H and O–H groups in total. The van der Waals surface area contributed by atoms with E-state index >= 15 is 0 Å². The Balaban J connectivity index is 1.90. The Morgan fingerprint density at radius 1 is 1.08 bits per heavy atom. The van der Waals surface area contributed by atoms with Crippen LogP contribution in [0, 0.1) is 6.92 Å². The van der Waals surface area contributed by atoms with E-state index in [9.17, 15) is 9.90 Å². The van der Waals surface area contributed by atoms with Gasteiger partial charge in [-0.1, -0.05) is 36.5 Å². The van der Waals surface area contributed by atoms with E-state index < -0.39 is 5.63 Å². The van der Waals surface area contributed by atoms with E-state index in [1.54, 1.807) is 18.2 Å². The van der Waals surface area contributed by atoms with E-state index in [-0.39, 0.29) is 11.3 Å². The standard InChI is InChI=1S/C18H15Br2NO3/c1-12-16(22)10-13(24-18(12)23)8-6-4-2-3-5-7-9-15-17(20)14(19)11-21-15/h2-11,21-22H,1H3/b4-2+,5-3+,8-6+,9-7+. The Morgan fingerprint density at radius 2 is 1.71 bits per heavy atom. The monoisotopic (exact) mass is 451 g/mol. The molecule has 0 aliphatic rings. The molecular formula is C18H15Br2NO3. The summed E-state index contributed by atoms with van der Waals surface area (Å²) in [5, 5.41) is 9.56. The second-order valence-electron chi connectivity index (χ2n) is 4.80. The van der Waals surface area contributed by atoms with E-state index in [0.717, 1.165) is 14.6 Å². The van der Waals surface area contributed by atoms with Crippen molar-refractivity contribution in [2.24, 2.45) is 0 Å². The highest BCUT2D eigenvalue weighted by molar-refractivity contribution is 9.13. The van der Waals surface area contributed by atoms with Crippen molar-refractivity contribution in [3.8, 4) is 5.75 Å². The average Bonchev–Trinajstić information content (AvgIpc) is 2.87. The Hall–Kier alpha value is -2.05. The minimum Gasteiger partial charge on any atom is -0.507 e. The van der Waals surface area contributed by atoms with Crippen LogP contribution in [-0.4, -0.2) is 10.1 Å². The van der Waals surface area contributed by atoms with Crippen molar-refractivity contribution in [1.29, 1.82) is 0 Å². The van der Waals surface area contributed by atoms with Crippen LogP contribution < -0.4 is 5.63 Å². The number of hydrogen-bond acceptors (Lipinski definition) is 3. The molecule has 0 radical (unpaired) electrons. The van der Waals surface area contributed by atoms with Gasteiger partial charge in [0.25, 0.3) is 0 Å². The molecule has 2 aromatic rings. The quantitative estimate of drug-likeness (QED) is 0.601. The van der Waals surface area contributed by atoms with Crippen LogP contribution in [-0.2, 0) is 0 Å². The molecule has 0 fully saturated rings. The van der Waals surface area contributed by atoms with Gasteiger partial charge < -0.3 is 14.5 Å². The number of halogens is 2. The largest absolute Gasteiger partial charge is 0.507 e. The Labute approximate surface area is 156 Å². The number of aromatic nitrogens is 1. The summed E-state index contributed by atoms with van der Waals surface area (Å²) in [6, 6.07) is 1.41. The molecule has 0 aliphatic heterocycles. The smallest absolute Gasteiger partial charge is 0.342 e. The van der Waals surface area contributed by atoms with Gasteiger partial charge in [0.1, 0.15) is 11.5 Å². The summed E-state index contributed by atoms with van der Waals surface area (Å²) in [5.74, 6) is 0.237. The number of hydrogen-bond donors (Lipinski definition) is 2. The zero-order valence-electron chi connectivity index (χ0n) is 12.8. The van der Waals surface area contributed by atoms with Crippen LogP contribution >= 0.6 is 31.9 Å². The third kappa shape index (κ3) is 4.97. The van der Waals surface area contributed by atoms with Crippen molar-refractivity contribution in [2.75, 3.05) is 0 Å². The SMILES string of the molecule is Cc1c(O)cc(/C=C/C=C/C=C/C=C/c2[nH]cc(Br)c2Br)oc1=O. The maximum absolute atomic E-state index is 11.4. The van der Waals surface area contributed by atoms with Gasteiger partial charge in [-0.15, -0.1) is 0 Å². The van der Waals surface area contributed by atoms with Gasteiger partial charge in [0.15, 0.2) is 0 Å². The van der Waals surface area contributed by atoms with E-state index in [0.29, 0.717) is 5.76 Å². The Kier molecular flexibility index (Phi) is 6.63. The summed E-state index contributed by atoms with van der Waals surface area (Å²) in [7, 11) is 0. The summed E-state index contributed by atoms with van der Waals surface area (Å²) in [5.41, 5.74) is 0.647. The van der Waals surface area contributed by atoms with Gasteiger partial charge in [0.05, 0.1) is 15.7 Å². The van der Waals surface area contributed by atoms with Crippen molar-refractivity contribution in [1.82, 2.24) is 4.98 Å². The van der Waals surface area contributed by atoms with Crippen LogP contribution in [0.2, 0.25) is 0 Å². The van der Waals surface area contributed by atoms with Gasteiger partial charge in [0, 0.05) is 16.7 Å². The summed E-state index contributed by atoms with van der Waals surface area (Å²) in [6.07, 6.45) is 16.4. The molecule has 4 nitrogen and oxygen atoms in total. The highest BCUT2D eigenvalue weighted by Gasteiger charge is 2.03. The minimum absolute atomic E-state index is 0.0676. The van der Waals surface area contributed by atoms with E-state index in [2.05, 4.69) is 36.8 Å². The van der Waals surface area contributed by atoms with Crippen molar-refractivity contribution >= 4 is 44.0 Å². The zero-order chi connectivity index (χ0) is 17.5. The highest BCUT2D eigenvalue weighted by atomic mass is 79.9. The first-order valence-corrected chi connectivity index (χ1v) is 8.62. The van der Waals surface area contributed by atoms with Gasteiger partial charge in [0.2, 0.25) is 0 Å². The summed E-state index contributed by atoms with van der Waals surface area (Å²) in [4.78, 5) is 14.5. The van der Waals surface area contributed by atoms with E-state index in [4.69, 9.17) is 4.42 Å². The fourth-order valence-corrected chi connectivity index (χ4v) is 2.41. The number of aromatic amines is 1. The number of nitrogens with one attached hydrogen (secondary N) is 1. The topological polar surface area (TPSA) is 66.2 Å². The van der Waals surface area contributed by atoms with Crippen LogP contribution in [0.3, 0.4) is 0 Å². The molecular weight excluding hydrogens is 438 g/mol. The molecule has 124 valence electrons. The number of allylic oxidation sites excluding steroid dienone is 6. The molecule has 0 amide bonds. The normalized spacial score (nSPS) is 12.5. The molecule has 0 bridgehead atoms. The molecule has 0 aliphatic carbocycles. The van der Waals surface area contributed by atoms with Crippen LogP contribution in [0.1, 0.15) is 17.0 Å². The molecule has 2 aromatic heterocycles. The lowest BCUT2D eigenvalue weighted by Gasteiger charge is -1.97. The number of aromatic hydroxyl groups is 1. The average molecular weight is 453 g/mol. The van der Waals surface area contributed by atoms with Gasteiger partial charge >= 0.3 is 5.63 Å². The molecule has 6 heteroatoms. The Bertz CT molecular complexity index is 886. The van der Waals surface area contributed by atoms with Crippen LogP contribution in [0.15, 0.2) is 66.9 Å². The minimum atomic E-state index is -0.536. The van der Waals surface area contributed by atoms with Crippen molar-refractivity contribution < 1.29 is 9.52 Å². The molecule has 0 unspecified atom stereocenters. The van der Waals surface area contributed by atoms with Gasteiger partial charge in [-0.3, -0.25) is 0 Å². The number of H-pyrrole nitrogens is 1. The molecule has 0 atom stereocenters. The molecule has 2 heterocycles. The predicted molar refractivity (Wildman–Crippen MR) is 104 cm³/mol. The molecule has 0 saturated heterocycles. The third-order valence-electron chi connectivity index (χ3n) is 3.06. The first kappa shape index (κ1) is 18.3. The highest BCUT2D eigenvalue weighted by Crippen LogP contribution is 2.27. The fourth-order valence-electron chi connectivity index (χ4n) is 1.72. The third-order valence-corrected chi connectivity index (χ3v) is 5.07. The molecule has 0 aromatic carbocycles. The van der Waals surface area contributed by atoms with Crippen LogP contribution in [0.25, 0.3) is 12.2 Å². The second-order valence-corrected chi connectivity index (χ2v) is 6.45. The lowest BCUT2D eigenvalue weighted by atomic mass is 10.2. The summed E-state index contributed by atoms with van der Waals surface area (Å²) in [6.45, 7) is 1.51. The van der Waals surface area contributed by atoms with Crippen molar-refractivity contribution in [2.45, 2.75) is 6.92 Å². The Morgan fingerprint density at radius 3 is 2.29 bits per heavy atom. The maximum Gasteiger partial charge on any atom is 0.342 e. The van der Waals surface area contributed by atoms with Crippen molar-refractivity contribution in [3.63, 3.8) is 0 Å². The van der Waals surface area contributed by atoms with Crippen LogP contribution in [0.4, 0.5) is 0 Å². The maximum atomic E-state index is 11.4. The molecule has 2 rings (SSSR count). The molecule has 0 spiro atoms. The summed E-state index contributed by atoms with van der Waals surface area (Å²) >= 11 is 6.87. The first-order valence-electron chi connectivity index (χ1n) is 7.03. The zero-order valence-corrected chi connectivity index (χ0v) is 16.0. The first-order chi connectivity index (χ1) is 11.5. The predicted octanol–water partition coefficient (Wildman–Crippen LogP) is 5.35. The fraction of sp³-hybridized carbons (Fsp3) is 0.0556. The lowest BCUT2D eigenvalue weighted by Crippen LogP contribution is -2.03. The van der Waals surface area contributed by atoms with Crippen molar-refractivity contribution in [3.05, 3.63) is 85.1 Å². The molecule has 0 saturated carbocycles. The summed E-state index contributed by atoms with van der Waals surface area (Å²) < 4.78 is 6.98. The van der Waals surface area contributed by atoms with Gasteiger partial charge in [-0.2, -0.15) is 0 Å². The lowest BCUT2D eigenvalue weighted by molar-refractivity contribution is 0.436. The van der Waals surface area contributed by atoms with Gasteiger partial charge in [-0.05, 0) is 50.9 Å². The van der Waals surface area contributed by atoms with E-state index in [1.807, 2.05) is 36.6 Å². The van der Waals surface area contributed by atoms with Gasteiger partial charge in [-0.25, -0.2) is 4.79 Å². The second kappa shape index (κ2) is 8.70. The molecule has 24 heavy (non-hydrogen) atoms. The van der Waals surface area contributed by atoms with E-state index in [1.165, 1.54) is 13.0 Å². The van der Waals surface area contributed by atoms with Crippen LogP contribution in [0.5, 0.6) is 5.75 Å².